The van der Waals surface area contributed by atoms with Gasteiger partial charge >= 0.3 is 0 Å². The number of hydrogen-bond donors (Lipinski definition) is 3. The summed E-state index contributed by atoms with van der Waals surface area (Å²) in [4.78, 5) is 23.6. The Bertz CT molecular complexity index is 528. The van der Waals surface area contributed by atoms with Gasteiger partial charge in [0, 0.05) is 12.2 Å². The normalized spacial score (nSPS) is 16.4. The smallest absolute Gasteiger partial charge is 0.241 e. The highest BCUT2D eigenvalue weighted by atomic mass is 16.2. The van der Waals surface area contributed by atoms with Crippen molar-refractivity contribution in [3.05, 3.63) is 12.4 Å². The van der Waals surface area contributed by atoms with Gasteiger partial charge in [-0.05, 0) is 18.3 Å². The van der Waals surface area contributed by atoms with E-state index in [-0.39, 0.29) is 23.8 Å². The molecule has 21 heavy (non-hydrogen) atoms. The molecule has 1 aromatic heterocycles. The molecule has 1 fully saturated rings. The minimum Gasteiger partial charge on any atom is -0.352 e. The van der Waals surface area contributed by atoms with E-state index < -0.39 is 6.04 Å². The number of nitrogens with one attached hydrogen (secondary N) is 2. The van der Waals surface area contributed by atoms with Gasteiger partial charge in [0.15, 0.2) is 0 Å². The Labute approximate surface area is 124 Å². The SMILES string of the molecule is CC(C)(C)[C@@H](N)C(=O)Nc1cnn(CC(=O)NC2CC2)c1. The molecule has 116 valence electrons. The molecule has 7 heteroatoms. The maximum atomic E-state index is 12.0. The number of hydrogen-bond acceptors (Lipinski definition) is 4. The lowest BCUT2D eigenvalue weighted by Crippen LogP contribution is -2.45. The zero-order valence-electron chi connectivity index (χ0n) is 12.7. The monoisotopic (exact) mass is 293 g/mol. The van der Waals surface area contributed by atoms with Crippen molar-refractivity contribution in [3.63, 3.8) is 0 Å². The average molecular weight is 293 g/mol. The number of rotatable bonds is 5. The van der Waals surface area contributed by atoms with Crippen LogP contribution in [0.4, 0.5) is 5.69 Å². The van der Waals surface area contributed by atoms with E-state index in [0.29, 0.717) is 11.7 Å². The number of aromatic nitrogens is 2. The Kier molecular flexibility index (Phi) is 4.32. The van der Waals surface area contributed by atoms with Crippen LogP contribution in [0.3, 0.4) is 0 Å². The molecule has 0 saturated heterocycles. The maximum absolute atomic E-state index is 12.0. The summed E-state index contributed by atoms with van der Waals surface area (Å²) in [5, 5.41) is 9.66. The van der Waals surface area contributed by atoms with Crippen LogP contribution in [0, 0.1) is 5.41 Å². The molecule has 0 bridgehead atoms. The van der Waals surface area contributed by atoms with Gasteiger partial charge in [-0.15, -0.1) is 0 Å². The lowest BCUT2D eigenvalue weighted by atomic mass is 9.87. The first kappa shape index (κ1) is 15.5. The number of carbonyl (C=O) groups excluding carboxylic acids is 2. The van der Waals surface area contributed by atoms with Crippen molar-refractivity contribution in [2.75, 3.05) is 5.32 Å². The Balaban J connectivity index is 1.87. The van der Waals surface area contributed by atoms with Gasteiger partial charge < -0.3 is 16.4 Å². The molecule has 2 amide bonds. The van der Waals surface area contributed by atoms with Crippen molar-refractivity contribution >= 4 is 17.5 Å². The molecule has 1 aliphatic carbocycles. The summed E-state index contributed by atoms with van der Waals surface area (Å²) in [6, 6.07) is -0.281. The average Bonchev–Trinajstić information content (AvgIpc) is 3.07. The Hall–Kier alpha value is -1.89. The summed E-state index contributed by atoms with van der Waals surface area (Å²) in [6.45, 7) is 5.87. The third-order valence-corrected chi connectivity index (χ3v) is 3.36. The fourth-order valence-corrected chi connectivity index (χ4v) is 1.78. The van der Waals surface area contributed by atoms with E-state index >= 15 is 0 Å². The molecule has 1 aromatic rings. The van der Waals surface area contributed by atoms with Gasteiger partial charge in [-0.2, -0.15) is 5.10 Å². The van der Waals surface area contributed by atoms with Crippen LogP contribution < -0.4 is 16.4 Å². The number of nitrogens with zero attached hydrogens (tertiary/aromatic N) is 2. The van der Waals surface area contributed by atoms with Crippen LogP contribution in [-0.4, -0.2) is 33.7 Å². The van der Waals surface area contributed by atoms with Crippen molar-refractivity contribution in [1.82, 2.24) is 15.1 Å². The summed E-state index contributed by atoms with van der Waals surface area (Å²) in [5.41, 5.74) is 6.11. The molecular weight excluding hydrogens is 270 g/mol. The summed E-state index contributed by atoms with van der Waals surface area (Å²) < 4.78 is 1.50. The second-order valence-electron chi connectivity index (χ2n) is 6.60. The van der Waals surface area contributed by atoms with E-state index in [4.69, 9.17) is 5.73 Å². The molecule has 0 aliphatic heterocycles. The molecule has 1 aliphatic rings. The van der Waals surface area contributed by atoms with Crippen molar-refractivity contribution < 1.29 is 9.59 Å². The zero-order valence-corrected chi connectivity index (χ0v) is 12.7. The second-order valence-corrected chi connectivity index (χ2v) is 6.60. The summed E-state index contributed by atoms with van der Waals surface area (Å²) in [7, 11) is 0. The topological polar surface area (TPSA) is 102 Å². The maximum Gasteiger partial charge on any atom is 0.241 e. The largest absolute Gasteiger partial charge is 0.352 e. The van der Waals surface area contributed by atoms with Crippen LogP contribution in [0.1, 0.15) is 33.6 Å². The van der Waals surface area contributed by atoms with Crippen LogP contribution >= 0.6 is 0 Å². The summed E-state index contributed by atoms with van der Waals surface area (Å²) >= 11 is 0. The van der Waals surface area contributed by atoms with Crippen LogP contribution in [-0.2, 0) is 16.1 Å². The molecule has 1 heterocycles. The highest BCUT2D eigenvalue weighted by Crippen LogP contribution is 2.19. The van der Waals surface area contributed by atoms with Gasteiger partial charge in [0.05, 0.1) is 17.9 Å². The molecule has 4 N–H and O–H groups in total. The molecule has 0 aromatic carbocycles. The van der Waals surface area contributed by atoms with Crippen molar-refractivity contribution in [2.45, 2.75) is 52.2 Å². The highest BCUT2D eigenvalue weighted by Gasteiger charge is 2.27. The van der Waals surface area contributed by atoms with Crippen LogP contribution in [0.25, 0.3) is 0 Å². The van der Waals surface area contributed by atoms with E-state index in [1.165, 1.54) is 10.9 Å². The van der Waals surface area contributed by atoms with E-state index in [9.17, 15) is 9.59 Å². The van der Waals surface area contributed by atoms with E-state index in [1.807, 2.05) is 20.8 Å². The number of anilines is 1. The predicted octanol–water partition coefficient (Wildman–Crippen LogP) is 0.474. The lowest BCUT2D eigenvalue weighted by Gasteiger charge is -2.25. The first-order chi connectivity index (χ1) is 9.75. The van der Waals surface area contributed by atoms with Gasteiger partial charge in [0.2, 0.25) is 11.8 Å². The minimum absolute atomic E-state index is 0.0649. The van der Waals surface area contributed by atoms with Crippen LogP contribution in [0.5, 0.6) is 0 Å². The molecule has 2 rings (SSSR count). The minimum atomic E-state index is -0.612. The highest BCUT2D eigenvalue weighted by molar-refractivity contribution is 5.95. The van der Waals surface area contributed by atoms with Crippen molar-refractivity contribution in [2.24, 2.45) is 11.1 Å². The Morgan fingerprint density at radius 1 is 1.48 bits per heavy atom. The van der Waals surface area contributed by atoms with Gasteiger partial charge in [-0.1, -0.05) is 20.8 Å². The first-order valence-corrected chi connectivity index (χ1v) is 7.14. The molecule has 7 nitrogen and oxygen atoms in total. The molecule has 0 radical (unpaired) electrons. The number of carbonyl (C=O) groups is 2. The quantitative estimate of drug-likeness (QED) is 0.734. The molecule has 0 unspecified atom stereocenters. The van der Waals surface area contributed by atoms with E-state index in [0.717, 1.165) is 12.8 Å². The van der Waals surface area contributed by atoms with Gasteiger partial charge in [-0.3, -0.25) is 14.3 Å². The number of nitrogens with two attached hydrogens (primary N) is 1. The van der Waals surface area contributed by atoms with Gasteiger partial charge in [0.1, 0.15) is 6.54 Å². The predicted molar refractivity (Wildman–Crippen MR) is 79.5 cm³/mol. The standard InChI is InChI=1S/C14H23N5O2/c1-14(2,3)12(15)13(21)18-10-6-16-19(7-10)8-11(20)17-9-4-5-9/h6-7,9,12H,4-5,8,15H2,1-3H3,(H,17,20)(H,18,21)/t12-/m0/s1. The molecule has 1 saturated carbocycles. The fourth-order valence-electron chi connectivity index (χ4n) is 1.78. The fraction of sp³-hybridized carbons (Fsp3) is 0.643. The third kappa shape index (κ3) is 4.56. The first-order valence-electron chi connectivity index (χ1n) is 7.14. The second kappa shape index (κ2) is 5.85. The Morgan fingerprint density at radius 3 is 2.71 bits per heavy atom. The summed E-state index contributed by atoms with van der Waals surface area (Å²) in [6.07, 6.45) is 5.24. The van der Waals surface area contributed by atoms with E-state index in [2.05, 4.69) is 15.7 Å². The third-order valence-electron chi connectivity index (χ3n) is 3.36. The van der Waals surface area contributed by atoms with Gasteiger partial charge in [0.25, 0.3) is 0 Å². The van der Waals surface area contributed by atoms with Crippen LogP contribution in [0.15, 0.2) is 12.4 Å². The van der Waals surface area contributed by atoms with Crippen molar-refractivity contribution in [1.29, 1.82) is 0 Å². The number of amides is 2. The van der Waals surface area contributed by atoms with Crippen molar-refractivity contribution in [3.8, 4) is 0 Å². The zero-order chi connectivity index (χ0) is 15.6. The molecule has 0 spiro atoms. The Morgan fingerprint density at radius 2 is 2.14 bits per heavy atom. The van der Waals surface area contributed by atoms with Gasteiger partial charge in [-0.25, -0.2) is 0 Å². The summed E-state index contributed by atoms with van der Waals surface area (Å²) in [5.74, 6) is -0.325. The lowest BCUT2D eigenvalue weighted by molar-refractivity contribution is -0.122. The van der Waals surface area contributed by atoms with E-state index in [1.54, 1.807) is 6.20 Å². The molecular formula is C14H23N5O2. The van der Waals surface area contributed by atoms with Crippen LogP contribution in [0.2, 0.25) is 0 Å². The molecule has 1 atom stereocenters.